The predicted molar refractivity (Wildman–Crippen MR) is 67.6 cm³/mol. The molecule has 0 unspecified atom stereocenters. The highest BCUT2D eigenvalue weighted by Crippen LogP contribution is 2.14. The molecule has 6 heteroatoms. The van der Waals surface area contributed by atoms with Gasteiger partial charge in [-0.3, -0.25) is 0 Å². The van der Waals surface area contributed by atoms with Gasteiger partial charge in [0.15, 0.2) is 12.6 Å². The Balaban J connectivity index is 0.000000180. The Bertz CT molecular complexity index is 180. The van der Waals surface area contributed by atoms with Crippen LogP contribution in [0.2, 0.25) is 0 Å². The van der Waals surface area contributed by atoms with Gasteiger partial charge in [-0.2, -0.15) is 0 Å². The molecule has 2 rings (SSSR count). The van der Waals surface area contributed by atoms with Crippen LogP contribution in [-0.4, -0.2) is 59.2 Å². The Morgan fingerprint density at radius 3 is 1.06 bits per heavy atom. The van der Waals surface area contributed by atoms with Crippen LogP contribution in [0.15, 0.2) is 0 Å². The molecule has 6 N–H and O–H groups in total. The quantitative estimate of drug-likeness (QED) is 0.342. The van der Waals surface area contributed by atoms with Gasteiger partial charge in [0, 0.05) is 11.8 Å². The minimum atomic E-state index is -1.10. The number of hydrogen-bond donors (Lipinski definition) is 6. The predicted octanol–water partition coefficient (Wildman–Crippen LogP) is -1.41. The molecule has 0 bridgehead atoms. The minimum absolute atomic E-state index is 0.103. The Morgan fingerprint density at radius 1 is 0.611 bits per heavy atom. The summed E-state index contributed by atoms with van der Waals surface area (Å²) in [7, 11) is 0. The number of aliphatic hydroxyl groups excluding tert-OH is 2. The van der Waals surface area contributed by atoms with Gasteiger partial charge in [-0.25, -0.2) is 0 Å². The fourth-order valence-electron chi connectivity index (χ4n) is 2.28. The first-order valence-corrected chi connectivity index (χ1v) is 6.75. The largest absolute Gasteiger partial charge is 0.368 e. The van der Waals surface area contributed by atoms with E-state index in [0.717, 1.165) is 51.9 Å². The van der Waals surface area contributed by atoms with E-state index in [9.17, 15) is 0 Å². The number of hydrogen-bond acceptors (Lipinski definition) is 6. The van der Waals surface area contributed by atoms with Crippen LogP contribution >= 0.6 is 0 Å². The van der Waals surface area contributed by atoms with E-state index in [4.69, 9.17) is 20.4 Å². The molecule has 2 aliphatic heterocycles. The van der Waals surface area contributed by atoms with E-state index >= 15 is 0 Å². The average Bonchev–Trinajstić information content (AvgIpc) is 2.41. The number of rotatable bonds is 2. The van der Waals surface area contributed by atoms with Crippen LogP contribution in [0.1, 0.15) is 25.7 Å². The Kier molecular flexibility index (Phi) is 7.73. The first-order chi connectivity index (χ1) is 8.61. The molecule has 18 heavy (non-hydrogen) atoms. The molecule has 0 aromatic rings. The molecule has 0 aliphatic carbocycles. The van der Waals surface area contributed by atoms with Crippen LogP contribution in [0.3, 0.4) is 0 Å². The Hall–Kier alpha value is -0.240. The smallest absolute Gasteiger partial charge is 0.154 e. The third kappa shape index (κ3) is 6.08. The molecular formula is C12H26N2O4. The van der Waals surface area contributed by atoms with E-state index in [1.54, 1.807) is 0 Å². The van der Waals surface area contributed by atoms with Crippen molar-refractivity contribution in [1.29, 1.82) is 0 Å². The zero-order chi connectivity index (χ0) is 13.4. The van der Waals surface area contributed by atoms with Gasteiger partial charge in [0.2, 0.25) is 0 Å². The maximum atomic E-state index is 8.70. The fourth-order valence-corrected chi connectivity index (χ4v) is 2.28. The second-order valence-corrected chi connectivity index (χ2v) is 5.00. The first-order valence-electron chi connectivity index (χ1n) is 6.75. The van der Waals surface area contributed by atoms with E-state index in [1.165, 1.54) is 0 Å². The topological polar surface area (TPSA) is 105 Å². The molecule has 0 saturated carbocycles. The Morgan fingerprint density at radius 2 is 0.889 bits per heavy atom. The maximum Gasteiger partial charge on any atom is 0.154 e. The van der Waals surface area contributed by atoms with Crippen molar-refractivity contribution in [1.82, 2.24) is 10.6 Å². The van der Waals surface area contributed by atoms with Crippen molar-refractivity contribution in [2.75, 3.05) is 26.2 Å². The van der Waals surface area contributed by atoms with Gasteiger partial charge in [-0.05, 0) is 51.9 Å². The van der Waals surface area contributed by atoms with Crippen molar-refractivity contribution in [2.24, 2.45) is 11.8 Å². The Labute approximate surface area is 108 Å². The van der Waals surface area contributed by atoms with Gasteiger partial charge >= 0.3 is 0 Å². The van der Waals surface area contributed by atoms with E-state index in [-0.39, 0.29) is 11.8 Å². The summed E-state index contributed by atoms with van der Waals surface area (Å²) in [6.07, 6.45) is 1.34. The zero-order valence-corrected chi connectivity index (χ0v) is 10.8. The number of nitrogens with one attached hydrogen (secondary N) is 2. The molecule has 0 radical (unpaired) electrons. The van der Waals surface area contributed by atoms with Crippen LogP contribution in [0.5, 0.6) is 0 Å². The lowest BCUT2D eigenvalue weighted by Crippen LogP contribution is -2.33. The van der Waals surface area contributed by atoms with Crippen LogP contribution in [-0.2, 0) is 0 Å². The molecule has 0 amide bonds. The summed E-state index contributed by atoms with van der Waals surface area (Å²) in [5.74, 6) is 0.206. The molecule has 2 aliphatic rings. The summed E-state index contributed by atoms with van der Waals surface area (Å²) in [6.45, 7) is 3.68. The molecule has 108 valence electrons. The lowest BCUT2D eigenvalue weighted by atomic mass is 9.98. The highest BCUT2D eigenvalue weighted by Gasteiger charge is 2.19. The minimum Gasteiger partial charge on any atom is -0.368 e. The standard InChI is InChI=1S/2C6H13NO2/c2*8-6(9)5-1-3-7-4-2-5/h2*5-9H,1-4H2. The van der Waals surface area contributed by atoms with E-state index < -0.39 is 12.6 Å². The van der Waals surface area contributed by atoms with Crippen molar-refractivity contribution < 1.29 is 20.4 Å². The third-order valence-electron chi connectivity index (χ3n) is 3.61. The van der Waals surface area contributed by atoms with Crippen molar-refractivity contribution in [3.63, 3.8) is 0 Å². The van der Waals surface area contributed by atoms with Crippen LogP contribution in [0.4, 0.5) is 0 Å². The number of piperidine rings is 2. The van der Waals surface area contributed by atoms with Crippen LogP contribution < -0.4 is 10.6 Å². The second-order valence-electron chi connectivity index (χ2n) is 5.00. The van der Waals surface area contributed by atoms with Crippen molar-refractivity contribution in [2.45, 2.75) is 38.3 Å². The summed E-state index contributed by atoms with van der Waals surface area (Å²) in [5.41, 5.74) is 0. The summed E-state index contributed by atoms with van der Waals surface area (Å²) < 4.78 is 0. The lowest BCUT2D eigenvalue weighted by Gasteiger charge is -2.23. The maximum absolute atomic E-state index is 8.70. The van der Waals surface area contributed by atoms with Crippen molar-refractivity contribution >= 4 is 0 Å². The van der Waals surface area contributed by atoms with Gasteiger partial charge < -0.3 is 31.1 Å². The monoisotopic (exact) mass is 262 g/mol. The van der Waals surface area contributed by atoms with Crippen LogP contribution in [0, 0.1) is 11.8 Å². The molecule has 2 heterocycles. The van der Waals surface area contributed by atoms with E-state index in [0.29, 0.717) is 0 Å². The summed E-state index contributed by atoms with van der Waals surface area (Å²) in [6, 6.07) is 0. The molecule has 2 saturated heterocycles. The zero-order valence-electron chi connectivity index (χ0n) is 10.8. The molecule has 0 aromatic carbocycles. The normalized spacial score (nSPS) is 23.0. The molecule has 2 fully saturated rings. The van der Waals surface area contributed by atoms with Crippen molar-refractivity contribution in [3.05, 3.63) is 0 Å². The lowest BCUT2D eigenvalue weighted by molar-refractivity contribution is -0.0912. The summed E-state index contributed by atoms with van der Waals surface area (Å²) in [5, 5.41) is 41.1. The first kappa shape index (κ1) is 15.8. The SMILES string of the molecule is OC(O)C1CCNCC1.OC(O)C1CCNCC1. The number of aliphatic hydroxyl groups is 4. The van der Waals surface area contributed by atoms with E-state index in [2.05, 4.69) is 10.6 Å². The van der Waals surface area contributed by atoms with Gasteiger partial charge in [0.25, 0.3) is 0 Å². The average molecular weight is 262 g/mol. The molecule has 0 atom stereocenters. The molecular weight excluding hydrogens is 236 g/mol. The van der Waals surface area contributed by atoms with Gasteiger partial charge in [-0.15, -0.1) is 0 Å². The van der Waals surface area contributed by atoms with Gasteiger partial charge in [0.05, 0.1) is 0 Å². The summed E-state index contributed by atoms with van der Waals surface area (Å²) in [4.78, 5) is 0. The molecule has 0 spiro atoms. The second kappa shape index (κ2) is 8.79. The highest BCUT2D eigenvalue weighted by molar-refractivity contribution is 4.69. The van der Waals surface area contributed by atoms with Gasteiger partial charge in [-0.1, -0.05) is 0 Å². The van der Waals surface area contributed by atoms with E-state index in [1.807, 2.05) is 0 Å². The molecule has 6 nitrogen and oxygen atoms in total. The molecule has 0 aromatic heterocycles. The van der Waals surface area contributed by atoms with Crippen molar-refractivity contribution in [3.8, 4) is 0 Å². The fraction of sp³-hybridized carbons (Fsp3) is 1.00. The van der Waals surface area contributed by atoms with Gasteiger partial charge in [0.1, 0.15) is 0 Å². The summed E-state index contributed by atoms with van der Waals surface area (Å²) >= 11 is 0. The van der Waals surface area contributed by atoms with Crippen LogP contribution in [0.25, 0.3) is 0 Å². The third-order valence-corrected chi connectivity index (χ3v) is 3.61. The highest BCUT2D eigenvalue weighted by atomic mass is 16.5.